The quantitative estimate of drug-likeness (QED) is 0.302. The van der Waals surface area contributed by atoms with E-state index in [1.54, 1.807) is 42.9 Å². The van der Waals surface area contributed by atoms with E-state index in [2.05, 4.69) is 31.0 Å². The number of nitrogens with one attached hydrogen (secondary N) is 2. The summed E-state index contributed by atoms with van der Waals surface area (Å²) in [6, 6.07) is 13.0. The van der Waals surface area contributed by atoms with Crippen molar-refractivity contribution in [2.75, 3.05) is 18.2 Å². The Bertz CT molecular complexity index is 1340. The van der Waals surface area contributed by atoms with Crippen LogP contribution in [-0.4, -0.2) is 49.6 Å². The van der Waals surface area contributed by atoms with Gasteiger partial charge < -0.3 is 10.1 Å². The number of nitrogens with zero attached hydrogens (tertiary/aromatic N) is 5. The van der Waals surface area contributed by atoms with Crippen molar-refractivity contribution in [2.24, 2.45) is 0 Å². The van der Waals surface area contributed by atoms with Crippen molar-refractivity contribution in [3.05, 3.63) is 70.7 Å². The van der Waals surface area contributed by atoms with Gasteiger partial charge in [0.05, 0.1) is 25.8 Å². The van der Waals surface area contributed by atoms with Crippen LogP contribution in [0.1, 0.15) is 16.4 Å². The Kier molecular flexibility index (Phi) is 8.23. The second-order valence-corrected chi connectivity index (χ2v) is 9.60. The number of hydrogen-bond donors (Lipinski definition) is 2. The lowest BCUT2D eigenvalue weighted by atomic mass is 10.1. The summed E-state index contributed by atoms with van der Waals surface area (Å²) >= 11 is 2.43. The summed E-state index contributed by atoms with van der Waals surface area (Å²) in [5.41, 5.74) is 1.43. The summed E-state index contributed by atoms with van der Waals surface area (Å²) in [6.45, 7) is 1.89. The van der Waals surface area contributed by atoms with Gasteiger partial charge >= 0.3 is 0 Å². The van der Waals surface area contributed by atoms with E-state index in [1.807, 2.05) is 12.1 Å². The maximum atomic E-state index is 13.5. The second-order valence-electron chi connectivity index (χ2n) is 7.48. The van der Waals surface area contributed by atoms with Crippen LogP contribution < -0.4 is 15.4 Å². The van der Waals surface area contributed by atoms with E-state index < -0.39 is 0 Å². The Labute approximate surface area is 214 Å². The number of carbonyl (C=O) groups is 2. The molecule has 0 radical (unpaired) electrons. The number of hydrogen-bond acceptors (Lipinski definition) is 9. The molecule has 2 aromatic heterocycles. The number of ether oxygens (including phenoxy) is 1. The fourth-order valence-corrected chi connectivity index (χ4v) is 4.54. The normalized spacial score (nSPS) is 10.8. The van der Waals surface area contributed by atoms with Crippen LogP contribution in [0.3, 0.4) is 0 Å². The number of amides is 2. The SMILES string of the molecule is COc1ccc(CC(=O)NCc2nnc(SCC(=O)Nc3nnc(C)s3)n2-c2ccc(F)cc2)cc1. The fourth-order valence-electron chi connectivity index (χ4n) is 3.16. The predicted molar refractivity (Wildman–Crippen MR) is 134 cm³/mol. The maximum absolute atomic E-state index is 13.5. The van der Waals surface area contributed by atoms with Gasteiger partial charge in [-0.1, -0.05) is 35.2 Å². The van der Waals surface area contributed by atoms with E-state index in [0.717, 1.165) is 22.3 Å². The minimum absolute atomic E-state index is 0.0434. The molecule has 4 rings (SSSR count). The molecule has 0 saturated carbocycles. The van der Waals surface area contributed by atoms with Crippen LogP contribution in [0.25, 0.3) is 5.69 Å². The highest BCUT2D eigenvalue weighted by atomic mass is 32.2. The van der Waals surface area contributed by atoms with Gasteiger partial charge in [-0.05, 0) is 48.9 Å². The minimum Gasteiger partial charge on any atom is -0.497 e. The van der Waals surface area contributed by atoms with Gasteiger partial charge in [0.25, 0.3) is 0 Å². The summed E-state index contributed by atoms with van der Waals surface area (Å²) < 4.78 is 20.3. The van der Waals surface area contributed by atoms with Crippen molar-refractivity contribution in [3.63, 3.8) is 0 Å². The number of halogens is 1. The number of methoxy groups -OCH3 is 1. The molecule has 0 aliphatic rings. The van der Waals surface area contributed by atoms with Crippen LogP contribution in [0.2, 0.25) is 0 Å². The molecule has 10 nitrogen and oxygen atoms in total. The number of carbonyl (C=O) groups excluding carboxylic acids is 2. The summed E-state index contributed by atoms with van der Waals surface area (Å²) in [4.78, 5) is 24.9. The molecule has 0 unspecified atom stereocenters. The fraction of sp³-hybridized carbons (Fsp3) is 0.217. The molecule has 0 atom stereocenters. The van der Waals surface area contributed by atoms with Crippen molar-refractivity contribution >= 4 is 40.0 Å². The van der Waals surface area contributed by atoms with Crippen LogP contribution in [-0.2, 0) is 22.6 Å². The molecule has 2 amide bonds. The first-order valence-corrected chi connectivity index (χ1v) is 12.5. The molecular weight excluding hydrogens is 505 g/mol. The average molecular weight is 528 g/mol. The predicted octanol–water partition coefficient (Wildman–Crippen LogP) is 3.16. The molecule has 2 heterocycles. The standard InChI is InChI=1S/C23H22FN7O3S2/c1-14-27-29-22(36-14)26-21(33)13-35-23-30-28-19(31(23)17-7-5-16(24)6-8-17)12-25-20(32)11-15-3-9-18(34-2)10-4-15/h3-10H,11-13H2,1-2H3,(H,25,32)(H,26,29,33). The summed E-state index contributed by atoms with van der Waals surface area (Å²) in [5.74, 6) is 0.328. The van der Waals surface area contributed by atoms with Crippen LogP contribution >= 0.6 is 23.1 Å². The van der Waals surface area contributed by atoms with E-state index in [4.69, 9.17) is 4.74 Å². The number of benzene rings is 2. The highest BCUT2D eigenvalue weighted by Crippen LogP contribution is 2.23. The van der Waals surface area contributed by atoms with E-state index in [0.29, 0.717) is 27.5 Å². The smallest absolute Gasteiger partial charge is 0.236 e. The molecule has 4 aromatic rings. The van der Waals surface area contributed by atoms with Gasteiger partial charge in [-0.25, -0.2) is 4.39 Å². The molecule has 0 bridgehead atoms. The topological polar surface area (TPSA) is 124 Å². The van der Waals surface area contributed by atoms with Crippen molar-refractivity contribution in [2.45, 2.75) is 25.0 Å². The first kappa shape index (κ1) is 25.3. The number of thioether (sulfide) groups is 1. The lowest BCUT2D eigenvalue weighted by Gasteiger charge is -2.11. The summed E-state index contributed by atoms with van der Waals surface area (Å²) in [6.07, 6.45) is 0.182. The van der Waals surface area contributed by atoms with Gasteiger partial charge in [0.2, 0.25) is 16.9 Å². The van der Waals surface area contributed by atoms with Crippen LogP contribution in [0.4, 0.5) is 9.52 Å². The molecule has 36 heavy (non-hydrogen) atoms. The lowest BCUT2D eigenvalue weighted by Crippen LogP contribution is -2.26. The third-order valence-electron chi connectivity index (χ3n) is 4.86. The Hall–Kier alpha value is -3.84. The number of rotatable bonds is 10. The zero-order chi connectivity index (χ0) is 25.5. The zero-order valence-corrected chi connectivity index (χ0v) is 21.0. The number of anilines is 1. The van der Waals surface area contributed by atoms with Crippen molar-refractivity contribution < 1.29 is 18.7 Å². The number of aryl methyl sites for hydroxylation is 1. The Morgan fingerprint density at radius 2 is 1.78 bits per heavy atom. The van der Waals surface area contributed by atoms with Gasteiger partial charge in [0.1, 0.15) is 16.6 Å². The maximum Gasteiger partial charge on any atom is 0.236 e. The second kappa shape index (κ2) is 11.7. The molecule has 2 aromatic carbocycles. The van der Waals surface area contributed by atoms with Crippen molar-refractivity contribution in [1.82, 2.24) is 30.3 Å². The lowest BCUT2D eigenvalue weighted by molar-refractivity contribution is -0.120. The average Bonchev–Trinajstić information content (AvgIpc) is 3.48. The molecule has 0 aliphatic heterocycles. The third kappa shape index (κ3) is 6.64. The Morgan fingerprint density at radius 1 is 1.03 bits per heavy atom. The molecule has 186 valence electrons. The van der Waals surface area contributed by atoms with Gasteiger partial charge in [0.15, 0.2) is 11.0 Å². The van der Waals surface area contributed by atoms with Gasteiger partial charge in [-0.15, -0.1) is 20.4 Å². The van der Waals surface area contributed by atoms with E-state index in [1.165, 1.54) is 23.5 Å². The molecule has 13 heteroatoms. The van der Waals surface area contributed by atoms with Crippen LogP contribution in [0.5, 0.6) is 5.75 Å². The third-order valence-corrected chi connectivity index (χ3v) is 6.54. The summed E-state index contributed by atoms with van der Waals surface area (Å²) in [5, 5.41) is 23.2. The zero-order valence-electron chi connectivity index (χ0n) is 19.4. The highest BCUT2D eigenvalue weighted by molar-refractivity contribution is 7.99. The Morgan fingerprint density at radius 3 is 2.44 bits per heavy atom. The molecule has 0 saturated heterocycles. The van der Waals surface area contributed by atoms with Gasteiger partial charge in [-0.3, -0.25) is 19.5 Å². The summed E-state index contributed by atoms with van der Waals surface area (Å²) in [7, 11) is 1.58. The molecule has 0 fully saturated rings. The first-order valence-electron chi connectivity index (χ1n) is 10.7. The molecule has 0 spiro atoms. The van der Waals surface area contributed by atoms with Gasteiger partial charge in [-0.2, -0.15) is 0 Å². The largest absolute Gasteiger partial charge is 0.497 e. The Balaban J connectivity index is 1.44. The van der Waals surface area contributed by atoms with Crippen molar-refractivity contribution in [1.29, 1.82) is 0 Å². The van der Waals surface area contributed by atoms with Crippen LogP contribution in [0.15, 0.2) is 53.7 Å². The van der Waals surface area contributed by atoms with Crippen LogP contribution in [0, 0.1) is 12.7 Å². The van der Waals surface area contributed by atoms with E-state index in [9.17, 15) is 14.0 Å². The van der Waals surface area contributed by atoms with E-state index in [-0.39, 0.29) is 36.4 Å². The highest BCUT2D eigenvalue weighted by Gasteiger charge is 2.17. The van der Waals surface area contributed by atoms with E-state index >= 15 is 0 Å². The molecule has 0 aliphatic carbocycles. The number of aromatic nitrogens is 5. The minimum atomic E-state index is -0.387. The molecular formula is C23H22FN7O3S2. The molecule has 2 N–H and O–H groups in total. The van der Waals surface area contributed by atoms with Crippen molar-refractivity contribution in [3.8, 4) is 11.4 Å². The first-order chi connectivity index (χ1) is 17.4. The monoisotopic (exact) mass is 527 g/mol. The van der Waals surface area contributed by atoms with Gasteiger partial charge in [0, 0.05) is 5.69 Å².